The van der Waals surface area contributed by atoms with Crippen molar-refractivity contribution in [2.45, 2.75) is 52.6 Å². The molecule has 1 saturated carbocycles. The highest BCUT2D eigenvalue weighted by atomic mass is 79.9. The molecule has 2 rings (SSSR count). The van der Waals surface area contributed by atoms with E-state index in [1.165, 1.54) is 19.3 Å². The van der Waals surface area contributed by atoms with Crippen molar-refractivity contribution in [1.29, 1.82) is 0 Å². The smallest absolute Gasteiger partial charge is 0.265 e. The molecule has 1 fully saturated rings. The maximum absolute atomic E-state index is 4.56. The van der Waals surface area contributed by atoms with Gasteiger partial charge in [0.25, 0.3) is 6.33 Å². The van der Waals surface area contributed by atoms with Crippen LogP contribution in [0.5, 0.6) is 0 Å². The first-order valence-electron chi connectivity index (χ1n) is 7.16. The lowest BCUT2D eigenvalue weighted by Crippen LogP contribution is -3.00. The molecule has 1 aliphatic rings. The number of nitrogens with zero attached hydrogens (tertiary/aromatic N) is 3. The second-order valence-corrected chi connectivity index (χ2v) is 6.11. The number of halogens is 1. The maximum Gasteiger partial charge on any atom is 0.265 e. The lowest BCUT2D eigenvalue weighted by molar-refractivity contribution is -0.687. The highest BCUT2D eigenvalue weighted by Gasteiger charge is 2.35. The van der Waals surface area contributed by atoms with Gasteiger partial charge in [-0.25, -0.2) is 4.57 Å². The van der Waals surface area contributed by atoms with E-state index in [0.717, 1.165) is 24.3 Å². The highest BCUT2D eigenvalue weighted by Crippen LogP contribution is 2.40. The lowest BCUT2D eigenvalue weighted by atomic mass is 9.74. The first-order valence-corrected chi connectivity index (χ1v) is 7.16. The number of hydrogen-bond acceptors (Lipinski definition) is 1. The lowest BCUT2D eigenvalue weighted by Gasteiger charge is -2.34. The van der Waals surface area contributed by atoms with Crippen LogP contribution in [0.1, 0.15) is 46.1 Å². The zero-order valence-electron chi connectivity index (χ0n) is 12.3. The van der Waals surface area contributed by atoms with E-state index >= 15 is 0 Å². The summed E-state index contributed by atoms with van der Waals surface area (Å²) in [5.74, 6) is 2.32. The molecule has 3 atom stereocenters. The van der Waals surface area contributed by atoms with Gasteiger partial charge in [-0.1, -0.05) is 39.8 Å². The number of hydrogen-bond donors (Lipinski definition) is 0. The predicted molar refractivity (Wildman–Crippen MR) is 73.0 cm³/mol. The molecule has 2 unspecified atom stereocenters. The van der Waals surface area contributed by atoms with Gasteiger partial charge >= 0.3 is 0 Å². The van der Waals surface area contributed by atoms with Gasteiger partial charge in [0.15, 0.2) is 0 Å². The molecule has 0 aromatic carbocycles. The molecule has 0 aliphatic heterocycles. The summed E-state index contributed by atoms with van der Waals surface area (Å²) in [7, 11) is 0. The Labute approximate surface area is 127 Å². The van der Waals surface area contributed by atoms with E-state index in [9.17, 15) is 0 Å². The zero-order chi connectivity index (χ0) is 13.1. The monoisotopic (exact) mass is 327 g/mol. The Morgan fingerprint density at radius 1 is 1.47 bits per heavy atom. The first-order chi connectivity index (χ1) is 8.61. The molecule has 108 valence electrons. The van der Waals surface area contributed by atoms with E-state index in [4.69, 9.17) is 0 Å². The molecular weight excluding hydrogens is 302 g/mol. The number of rotatable bonds is 4. The predicted octanol–water partition coefficient (Wildman–Crippen LogP) is -0.00610. The molecule has 1 aliphatic carbocycles. The van der Waals surface area contributed by atoms with Gasteiger partial charge in [-0.15, -0.1) is 4.68 Å². The van der Waals surface area contributed by atoms with E-state index < -0.39 is 0 Å². The van der Waals surface area contributed by atoms with Crippen molar-refractivity contribution < 1.29 is 21.5 Å². The molecule has 0 saturated heterocycles. The number of allylic oxidation sites excluding steroid dienone is 1. The van der Waals surface area contributed by atoms with E-state index in [2.05, 4.69) is 48.0 Å². The minimum Gasteiger partial charge on any atom is -1.00 e. The second kappa shape index (κ2) is 7.22. The molecule has 1 aromatic rings. The topological polar surface area (TPSA) is 21.7 Å². The third kappa shape index (κ3) is 3.91. The molecule has 4 heteroatoms. The molecule has 1 heterocycles. The summed E-state index contributed by atoms with van der Waals surface area (Å²) in [6.45, 7) is 11.7. The summed E-state index contributed by atoms with van der Waals surface area (Å²) in [5.41, 5.74) is 0. The van der Waals surface area contributed by atoms with Crippen LogP contribution in [0.4, 0.5) is 0 Å². The molecule has 0 N–H and O–H groups in total. The molecule has 0 spiro atoms. The van der Waals surface area contributed by atoms with Crippen LogP contribution < -0.4 is 21.5 Å². The summed E-state index contributed by atoms with van der Waals surface area (Å²) in [6, 6.07) is 0.569. The van der Waals surface area contributed by atoms with Crippen LogP contribution in [-0.4, -0.2) is 9.78 Å². The van der Waals surface area contributed by atoms with Crippen molar-refractivity contribution >= 4 is 0 Å². The van der Waals surface area contributed by atoms with E-state index in [0.29, 0.717) is 6.04 Å². The Morgan fingerprint density at radius 3 is 2.84 bits per heavy atom. The fourth-order valence-corrected chi connectivity index (χ4v) is 3.21. The summed E-state index contributed by atoms with van der Waals surface area (Å²) >= 11 is 0. The van der Waals surface area contributed by atoms with Gasteiger partial charge in [0.05, 0.1) is 6.54 Å². The van der Waals surface area contributed by atoms with Crippen LogP contribution in [0.2, 0.25) is 0 Å². The van der Waals surface area contributed by atoms with Crippen molar-refractivity contribution in [2.24, 2.45) is 17.8 Å². The van der Waals surface area contributed by atoms with Gasteiger partial charge in [0, 0.05) is 5.10 Å². The Balaban J connectivity index is 0.00000180. The maximum atomic E-state index is 4.56. The molecule has 0 amide bonds. The van der Waals surface area contributed by atoms with Crippen molar-refractivity contribution in [3.8, 4) is 0 Å². The minimum absolute atomic E-state index is 0. The van der Waals surface area contributed by atoms with Crippen LogP contribution in [0, 0.1) is 17.8 Å². The van der Waals surface area contributed by atoms with E-state index in [1.807, 2.05) is 12.4 Å². The first kappa shape index (κ1) is 16.4. The SMILES string of the molecule is C=CC[n+]1cnn(C2C[C@H](C)CCC2C(C)C)c1.[Br-]. The van der Waals surface area contributed by atoms with E-state index in [-0.39, 0.29) is 17.0 Å². The van der Waals surface area contributed by atoms with Crippen LogP contribution in [0.25, 0.3) is 0 Å². The second-order valence-electron chi connectivity index (χ2n) is 6.11. The minimum atomic E-state index is 0. The summed E-state index contributed by atoms with van der Waals surface area (Å²) in [4.78, 5) is 0. The molecule has 3 nitrogen and oxygen atoms in total. The van der Waals surface area contributed by atoms with Gasteiger partial charge < -0.3 is 17.0 Å². The summed E-state index contributed by atoms with van der Waals surface area (Å²) in [5, 5.41) is 4.56. The van der Waals surface area contributed by atoms with Crippen molar-refractivity contribution in [2.75, 3.05) is 0 Å². The molecular formula is C15H26BrN3. The average Bonchev–Trinajstić information content (AvgIpc) is 2.77. The quantitative estimate of drug-likeness (QED) is 0.563. The standard InChI is InChI=1S/C15H26N3.BrH/c1-5-8-17-10-16-18(11-17)15-9-13(4)6-7-14(15)12(2)3;/h5,10-15H,1,6-9H2,2-4H3;1H/q+1;/p-1/t13-,14?,15?;/m1./s1. The Hall–Kier alpha value is -0.640. The van der Waals surface area contributed by atoms with Gasteiger partial charge in [-0.2, -0.15) is 0 Å². The summed E-state index contributed by atoms with van der Waals surface area (Å²) < 4.78 is 4.29. The normalized spacial score (nSPS) is 27.1. The van der Waals surface area contributed by atoms with Gasteiger partial charge in [-0.05, 0) is 30.6 Å². The van der Waals surface area contributed by atoms with Crippen LogP contribution >= 0.6 is 0 Å². The Bertz CT molecular complexity index is 400. The number of aromatic nitrogens is 3. The largest absolute Gasteiger partial charge is 1.00 e. The summed E-state index contributed by atoms with van der Waals surface area (Å²) in [6.07, 6.45) is 9.93. The van der Waals surface area contributed by atoms with Crippen LogP contribution in [-0.2, 0) is 6.54 Å². The fraction of sp³-hybridized carbons (Fsp3) is 0.733. The molecule has 0 bridgehead atoms. The fourth-order valence-electron chi connectivity index (χ4n) is 3.21. The van der Waals surface area contributed by atoms with Gasteiger partial charge in [0.2, 0.25) is 6.33 Å². The third-order valence-electron chi connectivity index (χ3n) is 4.27. The van der Waals surface area contributed by atoms with Gasteiger partial charge in [-0.3, -0.25) is 0 Å². The average molecular weight is 328 g/mol. The van der Waals surface area contributed by atoms with Crippen molar-refractivity contribution in [1.82, 2.24) is 9.78 Å². The molecule has 1 aromatic heterocycles. The highest BCUT2D eigenvalue weighted by molar-refractivity contribution is 4.83. The van der Waals surface area contributed by atoms with Crippen LogP contribution in [0.3, 0.4) is 0 Å². The zero-order valence-corrected chi connectivity index (χ0v) is 13.9. The van der Waals surface area contributed by atoms with Crippen molar-refractivity contribution in [3.05, 3.63) is 25.3 Å². The molecule has 19 heavy (non-hydrogen) atoms. The Morgan fingerprint density at radius 2 is 2.21 bits per heavy atom. The van der Waals surface area contributed by atoms with Crippen molar-refractivity contribution in [3.63, 3.8) is 0 Å². The van der Waals surface area contributed by atoms with E-state index in [1.54, 1.807) is 0 Å². The van der Waals surface area contributed by atoms with Gasteiger partial charge in [0.1, 0.15) is 6.04 Å². The molecule has 0 radical (unpaired) electrons. The Kier molecular flexibility index (Phi) is 6.24. The van der Waals surface area contributed by atoms with Crippen LogP contribution in [0.15, 0.2) is 25.3 Å². The third-order valence-corrected chi connectivity index (χ3v) is 4.27.